The van der Waals surface area contributed by atoms with Crippen LogP contribution in [0.5, 0.6) is 11.5 Å². The van der Waals surface area contributed by atoms with Crippen molar-refractivity contribution in [2.45, 2.75) is 6.92 Å². The van der Waals surface area contributed by atoms with Gasteiger partial charge in [-0.25, -0.2) is 0 Å². The van der Waals surface area contributed by atoms with Crippen molar-refractivity contribution in [3.8, 4) is 11.5 Å². The van der Waals surface area contributed by atoms with Gasteiger partial charge in [-0.1, -0.05) is 12.1 Å². The summed E-state index contributed by atoms with van der Waals surface area (Å²) in [6.45, 7) is 2.63. The van der Waals surface area contributed by atoms with Crippen LogP contribution in [0.3, 0.4) is 0 Å². The molecule has 2 aromatic carbocycles. The zero-order valence-corrected chi connectivity index (χ0v) is 15.9. The molecule has 0 aliphatic carbocycles. The minimum Gasteiger partial charge on any atom is -0.497 e. The van der Waals surface area contributed by atoms with E-state index < -0.39 is 0 Å². The Balaban J connectivity index is 1.64. The summed E-state index contributed by atoms with van der Waals surface area (Å²) < 4.78 is 10.5. The molecular weight excluding hydrogens is 364 g/mol. The minimum absolute atomic E-state index is 0.110. The molecular formula is C20H20N2O4S. The number of carbonyl (C=O) groups excluding carboxylic acids is 2. The number of nitrogens with one attached hydrogen (secondary N) is 1. The van der Waals surface area contributed by atoms with Crippen LogP contribution < -0.4 is 14.8 Å². The second kappa shape index (κ2) is 8.64. The normalized spacial score (nSPS) is 15.3. The van der Waals surface area contributed by atoms with Crippen LogP contribution in [0.1, 0.15) is 12.5 Å². The summed E-state index contributed by atoms with van der Waals surface area (Å²) in [5, 5.41) is 2.79. The lowest BCUT2D eigenvalue weighted by Gasteiger charge is -2.14. The van der Waals surface area contributed by atoms with Crippen molar-refractivity contribution in [1.29, 1.82) is 0 Å². The highest BCUT2D eigenvalue weighted by molar-refractivity contribution is 8.18. The van der Waals surface area contributed by atoms with Gasteiger partial charge in [0.1, 0.15) is 11.5 Å². The molecule has 0 bridgehead atoms. The molecule has 1 N–H and O–H groups in total. The number of carbonyl (C=O) groups is 2. The lowest BCUT2D eigenvalue weighted by atomic mass is 10.2. The van der Waals surface area contributed by atoms with Crippen LogP contribution in [0.15, 0.2) is 53.4 Å². The number of thioether (sulfide) groups is 1. The van der Waals surface area contributed by atoms with Crippen molar-refractivity contribution in [2.75, 3.05) is 25.7 Å². The van der Waals surface area contributed by atoms with E-state index in [-0.39, 0.29) is 17.8 Å². The van der Waals surface area contributed by atoms with Gasteiger partial charge in [0.25, 0.3) is 11.1 Å². The van der Waals surface area contributed by atoms with Gasteiger partial charge in [0.15, 0.2) is 0 Å². The van der Waals surface area contributed by atoms with Crippen molar-refractivity contribution in [3.05, 3.63) is 59.0 Å². The summed E-state index contributed by atoms with van der Waals surface area (Å²) in [6, 6.07) is 14.7. The summed E-state index contributed by atoms with van der Waals surface area (Å²) in [7, 11) is 1.59. The molecule has 0 aromatic heterocycles. The molecule has 2 aromatic rings. The number of methoxy groups -OCH3 is 1. The molecule has 1 aliphatic heterocycles. The maximum Gasteiger partial charge on any atom is 0.295 e. The quantitative estimate of drug-likeness (QED) is 0.722. The first kappa shape index (κ1) is 18.8. The predicted molar refractivity (Wildman–Crippen MR) is 107 cm³/mol. The van der Waals surface area contributed by atoms with Crippen LogP contribution in [0.25, 0.3) is 6.08 Å². The number of hydrogen-bond acceptors (Lipinski definition) is 6. The van der Waals surface area contributed by atoms with Gasteiger partial charge < -0.3 is 14.8 Å². The van der Waals surface area contributed by atoms with Gasteiger partial charge in [-0.05, 0) is 66.7 Å². The van der Waals surface area contributed by atoms with E-state index >= 15 is 0 Å². The van der Waals surface area contributed by atoms with E-state index in [1.54, 1.807) is 13.2 Å². The number of amides is 2. The lowest BCUT2D eigenvalue weighted by molar-refractivity contribution is -0.122. The monoisotopic (exact) mass is 384 g/mol. The third-order valence-corrected chi connectivity index (χ3v) is 4.80. The molecule has 27 heavy (non-hydrogen) atoms. The van der Waals surface area contributed by atoms with E-state index in [0.29, 0.717) is 11.5 Å². The fraction of sp³-hybridized carbons (Fsp3) is 0.200. The number of rotatable bonds is 7. The van der Waals surface area contributed by atoms with E-state index in [2.05, 4.69) is 5.32 Å². The number of benzene rings is 2. The van der Waals surface area contributed by atoms with Crippen LogP contribution >= 0.6 is 11.8 Å². The largest absolute Gasteiger partial charge is 0.497 e. The highest BCUT2D eigenvalue weighted by atomic mass is 32.2. The molecule has 6 nitrogen and oxygen atoms in total. The fourth-order valence-corrected chi connectivity index (χ4v) is 3.33. The number of imide groups is 1. The molecule has 1 heterocycles. The van der Waals surface area contributed by atoms with Gasteiger partial charge in [-0.2, -0.15) is 0 Å². The smallest absolute Gasteiger partial charge is 0.295 e. The van der Waals surface area contributed by atoms with Crippen molar-refractivity contribution in [1.82, 2.24) is 4.90 Å². The number of nitrogens with zero attached hydrogens (tertiary/aromatic N) is 1. The molecule has 0 unspecified atom stereocenters. The average molecular weight is 384 g/mol. The first-order chi connectivity index (χ1) is 13.1. The Morgan fingerprint density at radius 2 is 1.70 bits per heavy atom. The van der Waals surface area contributed by atoms with Gasteiger partial charge in [0, 0.05) is 5.69 Å². The zero-order valence-electron chi connectivity index (χ0n) is 15.1. The Bertz CT molecular complexity index is 847. The van der Waals surface area contributed by atoms with E-state index in [0.717, 1.165) is 34.5 Å². The molecule has 0 spiro atoms. The Hall–Kier alpha value is -2.93. The third-order valence-electron chi connectivity index (χ3n) is 3.89. The molecule has 1 fully saturated rings. The summed E-state index contributed by atoms with van der Waals surface area (Å²) in [5.41, 5.74) is 1.64. The maximum atomic E-state index is 12.5. The van der Waals surface area contributed by atoms with Crippen molar-refractivity contribution in [3.63, 3.8) is 0 Å². The standard InChI is InChI=1S/C20H20N2O4S/c1-3-26-17-10-6-15(7-11-17)21-13-22-19(23)18(27-20(22)24)12-14-4-8-16(25-2)9-5-14/h4-12,21H,3,13H2,1-2H3/b18-12-. The van der Waals surface area contributed by atoms with Crippen molar-refractivity contribution in [2.24, 2.45) is 0 Å². The van der Waals surface area contributed by atoms with Gasteiger partial charge in [-0.15, -0.1) is 0 Å². The van der Waals surface area contributed by atoms with Gasteiger partial charge >= 0.3 is 0 Å². The summed E-state index contributed by atoms with van der Waals surface area (Å²) in [6.07, 6.45) is 1.71. The van der Waals surface area contributed by atoms with Crippen molar-refractivity contribution >= 4 is 34.7 Å². The second-order valence-corrected chi connectivity index (χ2v) is 6.67. The molecule has 140 valence electrons. The topological polar surface area (TPSA) is 67.9 Å². The Kier molecular flexibility index (Phi) is 6.03. The highest BCUT2D eigenvalue weighted by Crippen LogP contribution is 2.32. The molecule has 7 heteroatoms. The maximum absolute atomic E-state index is 12.5. The predicted octanol–water partition coefficient (Wildman–Crippen LogP) is 4.20. The van der Waals surface area contributed by atoms with Gasteiger partial charge in [0.2, 0.25) is 0 Å². The van der Waals surface area contributed by atoms with Crippen LogP contribution in [0.2, 0.25) is 0 Å². The van der Waals surface area contributed by atoms with Gasteiger partial charge in [-0.3, -0.25) is 14.5 Å². The van der Waals surface area contributed by atoms with E-state index in [1.165, 1.54) is 4.90 Å². The summed E-state index contributed by atoms with van der Waals surface area (Å²) in [4.78, 5) is 26.3. The van der Waals surface area contributed by atoms with Gasteiger partial charge in [0.05, 0.1) is 25.3 Å². The molecule has 2 amide bonds. The average Bonchev–Trinajstić information content (AvgIpc) is 2.95. The lowest BCUT2D eigenvalue weighted by Crippen LogP contribution is -2.33. The Labute approximate surface area is 162 Å². The molecule has 0 atom stereocenters. The van der Waals surface area contributed by atoms with Crippen molar-refractivity contribution < 1.29 is 19.1 Å². The van der Waals surface area contributed by atoms with E-state index in [4.69, 9.17) is 9.47 Å². The van der Waals surface area contributed by atoms with Crippen LogP contribution in [0.4, 0.5) is 10.5 Å². The van der Waals surface area contributed by atoms with Crippen LogP contribution in [-0.4, -0.2) is 36.4 Å². The molecule has 3 rings (SSSR count). The van der Waals surface area contributed by atoms with E-state index in [1.807, 2.05) is 55.5 Å². The van der Waals surface area contributed by atoms with Crippen LogP contribution in [0, 0.1) is 0 Å². The first-order valence-electron chi connectivity index (χ1n) is 8.47. The SMILES string of the molecule is CCOc1ccc(NCN2C(=O)S/C(=C\c3ccc(OC)cc3)C2=O)cc1. The zero-order chi connectivity index (χ0) is 19.2. The molecule has 0 saturated carbocycles. The Morgan fingerprint density at radius 3 is 2.33 bits per heavy atom. The highest BCUT2D eigenvalue weighted by Gasteiger charge is 2.34. The fourth-order valence-electron chi connectivity index (χ4n) is 2.49. The summed E-state index contributed by atoms with van der Waals surface area (Å²) in [5.74, 6) is 1.20. The molecule has 0 radical (unpaired) electrons. The number of hydrogen-bond donors (Lipinski definition) is 1. The van der Waals surface area contributed by atoms with Crippen LogP contribution in [-0.2, 0) is 4.79 Å². The first-order valence-corrected chi connectivity index (χ1v) is 9.28. The van der Waals surface area contributed by atoms with E-state index in [9.17, 15) is 9.59 Å². The second-order valence-electron chi connectivity index (χ2n) is 5.68. The summed E-state index contributed by atoms with van der Waals surface area (Å²) >= 11 is 0.938. The Morgan fingerprint density at radius 1 is 1.04 bits per heavy atom. The molecule has 1 aliphatic rings. The third kappa shape index (κ3) is 4.62. The molecule has 1 saturated heterocycles. The minimum atomic E-state index is -0.306. The number of anilines is 1. The number of ether oxygens (including phenoxy) is 2.